The third-order valence-corrected chi connectivity index (χ3v) is 10.3. The number of fused-ring (bicyclic) bond motifs is 2. The maximum absolute atomic E-state index is 10.2. The molecule has 6 nitrogen and oxygen atoms in total. The van der Waals surface area contributed by atoms with Gasteiger partial charge in [-0.15, -0.1) is 82.2 Å². The van der Waals surface area contributed by atoms with Crippen molar-refractivity contribution in [3.05, 3.63) is 84.3 Å². The SMILES string of the molecule is C[Si](C)(C)C([NH-])=O.C[Si](C)(C)C([NH-])=O.[Cl][Zr][Cl].[In].c1ccc2c(N3CCCC3)c[cH-]c2c1.c1ccc2c(N3CCCC3)c[cH-]c2c1. The minimum Gasteiger partial charge on any atom is -0.417 e. The fourth-order valence-corrected chi connectivity index (χ4v) is 4.74. The van der Waals surface area contributed by atoms with Gasteiger partial charge in [-0.05, 0) is 25.7 Å². The van der Waals surface area contributed by atoms with E-state index in [1.165, 1.54) is 84.8 Å². The van der Waals surface area contributed by atoms with E-state index in [-0.39, 0.29) is 36.9 Å². The molecule has 0 bridgehead atoms. The number of carbonyl (C=O) groups is 2. The molecular weight excluding hydrogens is 830 g/mol. The van der Waals surface area contributed by atoms with Crippen LogP contribution in [0, 0.1) is 0 Å². The molecule has 3 radical (unpaired) electrons. The molecular formula is C34H48Cl2InN4O2Si2Zr-4. The summed E-state index contributed by atoms with van der Waals surface area (Å²) in [5.74, 6) is 0. The van der Waals surface area contributed by atoms with Gasteiger partial charge in [0, 0.05) is 63.1 Å². The molecule has 0 aromatic heterocycles. The summed E-state index contributed by atoms with van der Waals surface area (Å²) in [6.07, 6.45) is 5.39. The van der Waals surface area contributed by atoms with Crippen LogP contribution in [0.1, 0.15) is 25.7 Å². The molecule has 6 rings (SSSR count). The maximum atomic E-state index is 10.2. The second-order valence-electron chi connectivity index (χ2n) is 13.2. The van der Waals surface area contributed by atoms with Crippen molar-refractivity contribution in [3.8, 4) is 0 Å². The number of anilines is 2. The van der Waals surface area contributed by atoms with Gasteiger partial charge in [-0.2, -0.15) is 0 Å². The van der Waals surface area contributed by atoms with E-state index in [4.69, 9.17) is 28.5 Å². The van der Waals surface area contributed by atoms with Crippen LogP contribution in [0.15, 0.2) is 72.8 Å². The second-order valence-corrected chi connectivity index (χ2v) is 26.9. The number of nitrogens with zero attached hydrogens (tertiary/aromatic N) is 2. The first kappa shape index (κ1) is 43.0. The fourth-order valence-electron chi connectivity index (χ4n) is 4.74. The van der Waals surface area contributed by atoms with Crippen LogP contribution < -0.4 is 9.80 Å². The van der Waals surface area contributed by atoms with Gasteiger partial charge in [-0.1, -0.05) is 62.8 Å². The van der Waals surface area contributed by atoms with E-state index in [9.17, 15) is 9.59 Å². The Morgan fingerprint density at radius 1 is 0.652 bits per heavy atom. The fraction of sp³-hybridized carbons (Fsp3) is 0.412. The van der Waals surface area contributed by atoms with E-state index < -0.39 is 37.0 Å². The van der Waals surface area contributed by atoms with Crippen molar-refractivity contribution in [1.82, 2.24) is 0 Å². The van der Waals surface area contributed by atoms with Crippen molar-refractivity contribution in [3.63, 3.8) is 0 Å². The van der Waals surface area contributed by atoms with Gasteiger partial charge in [0.25, 0.3) is 0 Å². The molecule has 0 unspecified atom stereocenters. The number of carbonyl (C=O) groups excluding carboxylic acids is 2. The Morgan fingerprint density at radius 2 is 0.913 bits per heavy atom. The van der Waals surface area contributed by atoms with Crippen molar-refractivity contribution in [1.29, 1.82) is 0 Å². The third-order valence-electron chi connectivity index (χ3n) is 7.57. The molecule has 249 valence electrons. The molecule has 12 heteroatoms. The molecule has 2 heterocycles. The van der Waals surface area contributed by atoms with E-state index in [2.05, 4.69) is 82.6 Å². The number of amides is 2. The van der Waals surface area contributed by atoms with Crippen LogP contribution in [0.5, 0.6) is 0 Å². The summed E-state index contributed by atoms with van der Waals surface area (Å²) >= 11 is -0.826. The minimum atomic E-state index is -1.71. The van der Waals surface area contributed by atoms with Crippen LogP contribution in [0.2, 0.25) is 39.3 Å². The summed E-state index contributed by atoms with van der Waals surface area (Å²) in [6, 6.07) is 26.3. The molecule has 0 spiro atoms. The minimum absolute atomic E-state index is 0. The number of hydrogen-bond acceptors (Lipinski definition) is 4. The average molecular weight is 878 g/mol. The van der Waals surface area contributed by atoms with E-state index in [1.807, 2.05) is 39.3 Å². The average Bonchev–Trinajstić information content (AvgIpc) is 3.79. The van der Waals surface area contributed by atoms with E-state index in [0.717, 1.165) is 0 Å². The largest absolute Gasteiger partial charge is 0.417 e. The van der Waals surface area contributed by atoms with Gasteiger partial charge in [0.05, 0.1) is 16.1 Å². The predicted octanol–water partition coefficient (Wildman–Crippen LogP) is 11.5. The first-order chi connectivity index (χ1) is 21.2. The molecule has 2 saturated heterocycles. The Kier molecular flexibility index (Phi) is 19.8. The summed E-state index contributed by atoms with van der Waals surface area (Å²) in [5, 5.41) is 5.56. The number of nitrogens with one attached hydrogen (secondary N) is 2. The predicted molar refractivity (Wildman–Crippen MR) is 206 cm³/mol. The monoisotopic (exact) mass is 875 g/mol. The molecule has 4 aromatic carbocycles. The molecule has 2 aliphatic heterocycles. The van der Waals surface area contributed by atoms with E-state index in [0.29, 0.717) is 0 Å². The summed E-state index contributed by atoms with van der Waals surface area (Å²) in [4.78, 5) is 25.4. The summed E-state index contributed by atoms with van der Waals surface area (Å²) in [5.41, 5.74) is 15.4. The normalized spacial score (nSPS) is 13.9. The van der Waals surface area contributed by atoms with Crippen LogP contribution >= 0.6 is 17.0 Å². The van der Waals surface area contributed by atoms with Crippen molar-refractivity contribution in [2.45, 2.75) is 65.0 Å². The Morgan fingerprint density at radius 3 is 1.17 bits per heavy atom. The van der Waals surface area contributed by atoms with Crippen molar-refractivity contribution < 1.29 is 30.4 Å². The smallest absolute Gasteiger partial charge is 0.00815 e. The summed E-state index contributed by atoms with van der Waals surface area (Å²) < 4.78 is 0. The zero-order valence-electron chi connectivity index (χ0n) is 28.1. The maximum Gasteiger partial charge on any atom is 0.00815 e. The zero-order chi connectivity index (χ0) is 33.6. The molecule has 2 aliphatic rings. The molecule has 0 saturated carbocycles. The quantitative estimate of drug-likeness (QED) is 0.151. The van der Waals surface area contributed by atoms with Crippen molar-refractivity contribution in [2.24, 2.45) is 0 Å². The number of halogens is 2. The van der Waals surface area contributed by atoms with Gasteiger partial charge in [0.2, 0.25) is 0 Å². The summed E-state index contributed by atoms with van der Waals surface area (Å²) in [7, 11) is 6.45. The second kappa shape index (κ2) is 21.1. The first-order valence-corrected chi connectivity index (χ1v) is 28.8. The molecule has 46 heavy (non-hydrogen) atoms. The van der Waals surface area contributed by atoms with Crippen LogP contribution in [0.4, 0.5) is 21.0 Å². The number of benzene rings is 2. The number of rotatable bonds is 4. The standard InChI is InChI=1S/2C13H14N.2C4H11NOSi.2ClH.In.Zr/c2*1-2-6-12-11(5-1)7-8-13(12)14-9-3-4-10-14;2*1-7(2,3)4(5)6;;;;/h2*1-2,5-8H,3-4,9-10H2;2*1-3H3,(H2,5,6);2*1H;;/q2*-1;;;;;;+2/p-4. The van der Waals surface area contributed by atoms with Crippen LogP contribution in [0.25, 0.3) is 33.0 Å². The molecule has 2 fully saturated rings. The van der Waals surface area contributed by atoms with Crippen LogP contribution in [0.3, 0.4) is 0 Å². The van der Waals surface area contributed by atoms with E-state index >= 15 is 0 Å². The first-order valence-electron chi connectivity index (χ1n) is 15.5. The van der Waals surface area contributed by atoms with E-state index in [1.54, 1.807) is 0 Å². The van der Waals surface area contributed by atoms with Gasteiger partial charge >= 0.3 is 37.9 Å². The van der Waals surface area contributed by atoms with Gasteiger partial charge in [0.15, 0.2) is 0 Å². The molecule has 0 atom stereocenters. The Bertz CT molecular complexity index is 1370. The zero-order valence-corrected chi connectivity index (χ0v) is 37.4. The molecule has 2 amide bonds. The Hall–Kier alpha value is -1.03. The van der Waals surface area contributed by atoms with Gasteiger partial charge in [-0.3, -0.25) is 0 Å². The third kappa shape index (κ3) is 14.2. The van der Waals surface area contributed by atoms with Gasteiger partial charge < -0.3 is 30.9 Å². The van der Waals surface area contributed by atoms with Gasteiger partial charge in [0.1, 0.15) is 0 Å². The van der Waals surface area contributed by atoms with Crippen molar-refractivity contribution >= 4 is 103 Å². The Balaban J connectivity index is 0.000000311. The molecule has 0 aliphatic carbocycles. The van der Waals surface area contributed by atoms with Crippen LogP contribution in [-0.2, 0) is 20.8 Å². The molecule has 2 N–H and O–H groups in total. The summed E-state index contributed by atoms with van der Waals surface area (Å²) in [6.45, 7) is 16.1. The van der Waals surface area contributed by atoms with Crippen molar-refractivity contribution in [2.75, 3.05) is 36.0 Å². The number of hydrogen-bond donors (Lipinski definition) is 0. The van der Waals surface area contributed by atoms with Crippen LogP contribution in [-0.4, -0.2) is 79.2 Å². The molecule has 4 aromatic rings. The Labute approximate surface area is 315 Å². The topological polar surface area (TPSA) is 88.2 Å². The van der Waals surface area contributed by atoms with Gasteiger partial charge in [-0.25, -0.2) is 0 Å².